The number of hydrogen-bond acceptors (Lipinski definition) is 5. The zero-order valence-electron chi connectivity index (χ0n) is 5.35. The maximum absolute atomic E-state index is 10.3. The number of thiol groups is 1. The number of carboxylic acids is 1. The highest BCUT2D eigenvalue weighted by molar-refractivity contribution is 7.80. The quantitative estimate of drug-likeness (QED) is 0.410. The largest absolute Gasteiger partial charge is 0.477 e. The van der Waals surface area contributed by atoms with Crippen molar-refractivity contribution in [2.75, 3.05) is 5.73 Å². The van der Waals surface area contributed by atoms with Gasteiger partial charge in [-0.15, -0.1) is 12.6 Å². The zero-order valence-corrected chi connectivity index (χ0v) is 6.25. The van der Waals surface area contributed by atoms with Gasteiger partial charge >= 0.3 is 5.97 Å². The van der Waals surface area contributed by atoms with Gasteiger partial charge in [0.15, 0.2) is 5.16 Å². The summed E-state index contributed by atoms with van der Waals surface area (Å²) < 4.78 is 0. The van der Waals surface area contributed by atoms with E-state index in [1.165, 1.54) is 0 Å². The monoisotopic (exact) mass is 171 g/mol. The van der Waals surface area contributed by atoms with Gasteiger partial charge in [0, 0.05) is 6.20 Å². The van der Waals surface area contributed by atoms with E-state index in [2.05, 4.69) is 22.6 Å². The number of rotatable bonds is 1. The van der Waals surface area contributed by atoms with Crippen molar-refractivity contribution >= 4 is 24.4 Å². The summed E-state index contributed by atoms with van der Waals surface area (Å²) >= 11 is 3.77. The Morgan fingerprint density at radius 1 is 1.73 bits per heavy atom. The second-order valence-corrected chi connectivity index (χ2v) is 2.17. The second kappa shape index (κ2) is 2.75. The van der Waals surface area contributed by atoms with Gasteiger partial charge in [-0.3, -0.25) is 0 Å². The van der Waals surface area contributed by atoms with Crippen molar-refractivity contribution in [3.05, 3.63) is 11.8 Å². The van der Waals surface area contributed by atoms with Crippen molar-refractivity contribution in [1.29, 1.82) is 0 Å². The number of carboxylic acid groups (broad SMARTS) is 1. The van der Waals surface area contributed by atoms with E-state index in [0.717, 1.165) is 6.20 Å². The summed E-state index contributed by atoms with van der Waals surface area (Å²) in [7, 11) is 0. The summed E-state index contributed by atoms with van der Waals surface area (Å²) in [5, 5.41) is 8.63. The molecule has 0 aliphatic carbocycles. The molecular formula is C5H5N3O2S. The van der Waals surface area contributed by atoms with Crippen LogP contribution in [0.25, 0.3) is 0 Å². The number of aromatic nitrogens is 2. The minimum Gasteiger partial charge on any atom is -0.477 e. The molecule has 0 aliphatic heterocycles. The molecule has 58 valence electrons. The Morgan fingerprint density at radius 3 is 2.82 bits per heavy atom. The van der Waals surface area contributed by atoms with Crippen LogP contribution in [0.2, 0.25) is 0 Å². The lowest BCUT2D eigenvalue weighted by atomic mass is 10.3. The zero-order chi connectivity index (χ0) is 8.43. The number of carbonyl (C=O) groups is 1. The van der Waals surface area contributed by atoms with Gasteiger partial charge in [0.1, 0.15) is 11.4 Å². The van der Waals surface area contributed by atoms with Crippen LogP contribution >= 0.6 is 12.6 Å². The molecule has 0 saturated heterocycles. The third-order valence-electron chi connectivity index (χ3n) is 1.04. The van der Waals surface area contributed by atoms with Gasteiger partial charge in [0.25, 0.3) is 0 Å². The first-order valence-corrected chi connectivity index (χ1v) is 3.10. The predicted octanol–water partition coefficient (Wildman–Crippen LogP) is 0.0457. The lowest BCUT2D eigenvalue weighted by Crippen LogP contribution is -2.05. The van der Waals surface area contributed by atoms with Crippen LogP contribution in [-0.2, 0) is 0 Å². The highest BCUT2D eigenvalue weighted by Gasteiger charge is 2.08. The summed E-state index contributed by atoms with van der Waals surface area (Å²) in [5.41, 5.74) is 5.13. The van der Waals surface area contributed by atoms with Gasteiger partial charge in [-0.25, -0.2) is 14.8 Å². The maximum Gasteiger partial charge on any atom is 0.341 e. The fourth-order valence-electron chi connectivity index (χ4n) is 0.550. The summed E-state index contributed by atoms with van der Waals surface area (Å²) in [5.74, 6) is -1.21. The van der Waals surface area contributed by atoms with Crippen LogP contribution in [0.4, 0.5) is 5.82 Å². The number of anilines is 1. The molecule has 0 radical (unpaired) electrons. The first-order chi connectivity index (χ1) is 5.11. The molecule has 0 aliphatic rings. The molecule has 5 nitrogen and oxygen atoms in total. The Morgan fingerprint density at radius 2 is 2.36 bits per heavy atom. The van der Waals surface area contributed by atoms with Crippen molar-refractivity contribution in [1.82, 2.24) is 9.97 Å². The van der Waals surface area contributed by atoms with Crippen LogP contribution in [0.3, 0.4) is 0 Å². The lowest BCUT2D eigenvalue weighted by molar-refractivity contribution is 0.0697. The van der Waals surface area contributed by atoms with E-state index in [-0.39, 0.29) is 16.5 Å². The summed E-state index contributed by atoms with van der Waals surface area (Å²) in [4.78, 5) is 17.4. The number of nitrogen functional groups attached to an aromatic ring is 1. The average molecular weight is 171 g/mol. The summed E-state index contributed by atoms with van der Waals surface area (Å²) in [6.07, 6.45) is 1.12. The Hall–Kier alpha value is -1.30. The molecule has 11 heavy (non-hydrogen) atoms. The van der Waals surface area contributed by atoms with E-state index in [0.29, 0.717) is 0 Å². The molecule has 6 heteroatoms. The highest BCUT2D eigenvalue weighted by atomic mass is 32.1. The molecule has 1 rings (SSSR count). The minimum absolute atomic E-state index is 0.0718. The second-order valence-electron chi connectivity index (χ2n) is 1.77. The number of nitrogens with zero attached hydrogens (tertiary/aromatic N) is 2. The van der Waals surface area contributed by atoms with Gasteiger partial charge in [-0.05, 0) is 0 Å². The van der Waals surface area contributed by atoms with Crippen LogP contribution in [0.1, 0.15) is 10.4 Å². The van der Waals surface area contributed by atoms with Crippen LogP contribution in [-0.4, -0.2) is 21.0 Å². The molecule has 0 atom stereocenters. The predicted molar refractivity (Wildman–Crippen MR) is 40.7 cm³/mol. The van der Waals surface area contributed by atoms with Crippen molar-refractivity contribution in [3.63, 3.8) is 0 Å². The van der Waals surface area contributed by atoms with Crippen molar-refractivity contribution < 1.29 is 9.90 Å². The standard InChI is InChI=1S/C5H5N3O2S/c6-3-2(4(9)10)1-7-5(11)8-3/h1H,(H,9,10)(H3,6,7,8,11). The van der Waals surface area contributed by atoms with Crippen molar-refractivity contribution in [3.8, 4) is 0 Å². The maximum atomic E-state index is 10.3. The summed E-state index contributed by atoms with van der Waals surface area (Å²) in [6.45, 7) is 0. The minimum atomic E-state index is -1.14. The van der Waals surface area contributed by atoms with Gasteiger partial charge in [-0.1, -0.05) is 0 Å². The topological polar surface area (TPSA) is 89.1 Å². The van der Waals surface area contributed by atoms with Crippen LogP contribution in [0.15, 0.2) is 11.4 Å². The normalized spacial score (nSPS) is 9.55. The molecule has 1 aromatic rings. The Kier molecular flexibility index (Phi) is 1.95. The fourth-order valence-corrected chi connectivity index (χ4v) is 0.715. The Balaban J connectivity index is 3.20. The van der Waals surface area contributed by atoms with Crippen molar-refractivity contribution in [2.45, 2.75) is 5.16 Å². The van der Waals surface area contributed by atoms with Gasteiger partial charge < -0.3 is 10.8 Å². The fraction of sp³-hybridized carbons (Fsp3) is 0. The third kappa shape index (κ3) is 1.58. The first-order valence-electron chi connectivity index (χ1n) is 2.66. The molecule has 0 aromatic carbocycles. The Bertz CT molecular complexity index is 302. The van der Waals surface area contributed by atoms with E-state index in [1.807, 2.05) is 0 Å². The molecule has 0 amide bonds. The molecule has 0 saturated carbocycles. The smallest absolute Gasteiger partial charge is 0.341 e. The van der Waals surface area contributed by atoms with E-state index in [9.17, 15) is 4.79 Å². The lowest BCUT2D eigenvalue weighted by Gasteiger charge is -1.97. The van der Waals surface area contributed by atoms with Crippen LogP contribution in [0.5, 0.6) is 0 Å². The first kappa shape index (κ1) is 7.80. The van der Waals surface area contributed by atoms with E-state index in [4.69, 9.17) is 10.8 Å². The molecular weight excluding hydrogens is 166 g/mol. The van der Waals surface area contributed by atoms with Gasteiger partial charge in [0.2, 0.25) is 0 Å². The SMILES string of the molecule is Nc1nc(S)ncc1C(=O)O. The molecule has 0 fully saturated rings. The van der Waals surface area contributed by atoms with Crippen LogP contribution < -0.4 is 5.73 Å². The molecule has 0 bridgehead atoms. The van der Waals surface area contributed by atoms with E-state index >= 15 is 0 Å². The molecule has 1 heterocycles. The third-order valence-corrected chi connectivity index (χ3v) is 1.25. The van der Waals surface area contributed by atoms with Gasteiger partial charge in [-0.2, -0.15) is 0 Å². The molecule has 3 N–H and O–H groups in total. The van der Waals surface area contributed by atoms with E-state index in [1.54, 1.807) is 0 Å². The number of aromatic carboxylic acids is 1. The van der Waals surface area contributed by atoms with Gasteiger partial charge in [0.05, 0.1) is 0 Å². The molecule has 1 aromatic heterocycles. The molecule has 0 spiro atoms. The summed E-state index contributed by atoms with van der Waals surface area (Å²) in [6, 6.07) is 0. The van der Waals surface area contributed by atoms with Crippen molar-refractivity contribution in [2.24, 2.45) is 0 Å². The highest BCUT2D eigenvalue weighted by Crippen LogP contribution is 2.08. The number of hydrogen-bond donors (Lipinski definition) is 3. The molecule has 0 unspecified atom stereocenters. The average Bonchev–Trinajstić information content (AvgIpc) is 1.85. The Labute approximate surface area is 67.7 Å². The van der Waals surface area contributed by atoms with E-state index < -0.39 is 5.97 Å². The number of nitrogens with two attached hydrogens (primary N) is 1. The van der Waals surface area contributed by atoms with Crippen LogP contribution in [0, 0.1) is 0 Å².